The molecule has 0 radical (unpaired) electrons. The van der Waals surface area contributed by atoms with Crippen molar-refractivity contribution in [2.45, 2.75) is 19.8 Å². The molecule has 2 heterocycles. The van der Waals surface area contributed by atoms with Gasteiger partial charge in [0.2, 0.25) is 0 Å². The molecule has 1 aromatic rings. The zero-order valence-electron chi connectivity index (χ0n) is 7.91. The second kappa shape index (κ2) is 3.17. The second-order valence-electron chi connectivity index (χ2n) is 3.45. The Morgan fingerprint density at radius 2 is 2.31 bits per heavy atom. The van der Waals surface area contributed by atoms with Crippen molar-refractivity contribution in [3.05, 3.63) is 17.8 Å². The third kappa shape index (κ3) is 1.41. The summed E-state index contributed by atoms with van der Waals surface area (Å²) in [7, 11) is 0. The molecule has 2 rings (SSSR count). The van der Waals surface area contributed by atoms with E-state index in [0.29, 0.717) is 5.92 Å². The van der Waals surface area contributed by atoms with Crippen LogP contribution in [-0.2, 0) is 0 Å². The Hall–Kier alpha value is -1.38. The summed E-state index contributed by atoms with van der Waals surface area (Å²) in [5.74, 6) is 1.33. The van der Waals surface area contributed by atoms with Crippen molar-refractivity contribution < 1.29 is 0 Å². The van der Waals surface area contributed by atoms with Crippen molar-refractivity contribution in [1.82, 2.24) is 4.98 Å². The number of rotatable bonds is 1. The van der Waals surface area contributed by atoms with Gasteiger partial charge in [0.1, 0.15) is 0 Å². The zero-order valence-corrected chi connectivity index (χ0v) is 7.91. The number of nitrogens with zero attached hydrogens (tertiary/aromatic N) is 2. The molecule has 0 amide bonds. The molecule has 0 saturated heterocycles. The van der Waals surface area contributed by atoms with Crippen LogP contribution in [0.2, 0.25) is 0 Å². The van der Waals surface area contributed by atoms with Crippen molar-refractivity contribution in [1.29, 1.82) is 0 Å². The average molecular weight is 175 g/mol. The zero-order chi connectivity index (χ0) is 9.26. The third-order valence-corrected chi connectivity index (χ3v) is 2.17. The maximum Gasteiger partial charge on any atom is 0.175 e. The predicted molar refractivity (Wildman–Crippen MR) is 55.0 cm³/mol. The van der Waals surface area contributed by atoms with Gasteiger partial charge < -0.3 is 5.32 Å². The monoisotopic (exact) mass is 175 g/mol. The van der Waals surface area contributed by atoms with Crippen LogP contribution in [0.3, 0.4) is 0 Å². The lowest BCUT2D eigenvalue weighted by molar-refractivity contribution is 0.863. The van der Waals surface area contributed by atoms with Crippen LogP contribution in [0.5, 0.6) is 0 Å². The van der Waals surface area contributed by atoms with Crippen LogP contribution in [-0.4, -0.2) is 17.7 Å². The van der Waals surface area contributed by atoms with Gasteiger partial charge in [0.05, 0.1) is 12.2 Å². The number of anilines is 1. The smallest absolute Gasteiger partial charge is 0.175 e. The Labute approximate surface area is 77.9 Å². The molecule has 0 bridgehead atoms. The highest BCUT2D eigenvalue weighted by Crippen LogP contribution is 2.32. The lowest BCUT2D eigenvalue weighted by Crippen LogP contribution is -2.10. The Balaban J connectivity index is 2.53. The maximum absolute atomic E-state index is 4.24. The van der Waals surface area contributed by atoms with Crippen LogP contribution in [0.25, 0.3) is 0 Å². The third-order valence-electron chi connectivity index (χ3n) is 2.17. The minimum Gasteiger partial charge on any atom is -0.377 e. The van der Waals surface area contributed by atoms with E-state index in [1.54, 1.807) is 0 Å². The van der Waals surface area contributed by atoms with E-state index >= 15 is 0 Å². The Kier molecular flexibility index (Phi) is 2.00. The minimum atomic E-state index is 0.512. The fourth-order valence-electron chi connectivity index (χ4n) is 1.51. The fourth-order valence-corrected chi connectivity index (χ4v) is 1.51. The number of fused-ring (bicyclic) bond motifs is 1. The molecule has 0 spiro atoms. The Bertz CT molecular complexity index is 342. The second-order valence-corrected chi connectivity index (χ2v) is 3.45. The molecule has 13 heavy (non-hydrogen) atoms. The molecule has 3 nitrogen and oxygen atoms in total. The van der Waals surface area contributed by atoms with Crippen molar-refractivity contribution in [2.24, 2.45) is 4.99 Å². The van der Waals surface area contributed by atoms with Crippen molar-refractivity contribution in [2.75, 3.05) is 11.9 Å². The topological polar surface area (TPSA) is 37.3 Å². The van der Waals surface area contributed by atoms with Crippen LogP contribution < -0.4 is 5.32 Å². The molecule has 3 heteroatoms. The number of hydrogen-bond acceptors (Lipinski definition) is 3. The van der Waals surface area contributed by atoms with E-state index in [1.807, 2.05) is 12.4 Å². The number of hydrogen-bond donors (Lipinski definition) is 1. The van der Waals surface area contributed by atoms with E-state index in [0.717, 1.165) is 18.1 Å². The van der Waals surface area contributed by atoms with Gasteiger partial charge in [0, 0.05) is 12.4 Å². The number of nitrogens with one attached hydrogen (secondary N) is 1. The van der Waals surface area contributed by atoms with Gasteiger partial charge in [-0.05, 0) is 17.5 Å². The molecular formula is C10H13N3. The van der Waals surface area contributed by atoms with E-state index in [9.17, 15) is 0 Å². The van der Waals surface area contributed by atoms with Crippen LogP contribution in [0, 0.1) is 0 Å². The summed E-state index contributed by atoms with van der Waals surface area (Å²) in [6.07, 6.45) is 3.66. The Morgan fingerprint density at radius 1 is 1.46 bits per heavy atom. The first-order chi connectivity index (χ1) is 6.29. The molecule has 1 N–H and O–H groups in total. The highest BCUT2D eigenvalue weighted by Gasteiger charge is 2.12. The molecule has 1 aliphatic rings. The van der Waals surface area contributed by atoms with Crippen molar-refractivity contribution >= 4 is 17.7 Å². The summed E-state index contributed by atoms with van der Waals surface area (Å²) in [5, 5.41) is 3.30. The summed E-state index contributed by atoms with van der Waals surface area (Å²) in [6.45, 7) is 5.16. The van der Waals surface area contributed by atoms with Crippen molar-refractivity contribution in [3.8, 4) is 0 Å². The van der Waals surface area contributed by atoms with E-state index in [1.165, 1.54) is 5.56 Å². The maximum atomic E-state index is 4.24. The van der Waals surface area contributed by atoms with E-state index in [2.05, 4.69) is 35.2 Å². The largest absolute Gasteiger partial charge is 0.377 e. The van der Waals surface area contributed by atoms with Gasteiger partial charge in [-0.1, -0.05) is 13.8 Å². The van der Waals surface area contributed by atoms with Crippen LogP contribution in [0.1, 0.15) is 25.3 Å². The average Bonchev–Trinajstić information content (AvgIpc) is 2.17. The van der Waals surface area contributed by atoms with Crippen LogP contribution in [0.4, 0.5) is 11.5 Å². The highest BCUT2D eigenvalue weighted by atomic mass is 15.0. The van der Waals surface area contributed by atoms with Gasteiger partial charge in [0.25, 0.3) is 0 Å². The molecule has 0 atom stereocenters. The summed E-state index contributed by atoms with van der Waals surface area (Å²) in [4.78, 5) is 8.44. The Morgan fingerprint density at radius 3 is 3.08 bits per heavy atom. The van der Waals surface area contributed by atoms with Gasteiger partial charge in [0.15, 0.2) is 5.82 Å². The summed E-state index contributed by atoms with van der Waals surface area (Å²) < 4.78 is 0. The number of aromatic nitrogens is 1. The normalized spacial score (nSPS) is 14.1. The highest BCUT2D eigenvalue weighted by molar-refractivity contribution is 5.80. The predicted octanol–water partition coefficient (Wildman–Crippen LogP) is 2.33. The van der Waals surface area contributed by atoms with Gasteiger partial charge >= 0.3 is 0 Å². The molecule has 1 aromatic heterocycles. The van der Waals surface area contributed by atoms with Gasteiger partial charge in [-0.15, -0.1) is 0 Å². The molecule has 0 saturated carbocycles. The standard InChI is InChI=1S/C10H13N3/c1-7(2)8-3-4-12-10-9(8)11-5-6-13-10/h3-4,6-7,11H,5H2,1-2H3. The molecule has 0 aromatic carbocycles. The number of aliphatic imine (C=N–C) groups is 1. The lowest BCUT2D eigenvalue weighted by Gasteiger charge is -2.17. The van der Waals surface area contributed by atoms with Gasteiger partial charge in [-0.25, -0.2) is 9.98 Å². The SMILES string of the molecule is CC(C)c1ccnc2c1NCC=N2. The van der Waals surface area contributed by atoms with Gasteiger partial charge in [-0.2, -0.15) is 0 Å². The first-order valence-corrected chi connectivity index (χ1v) is 4.54. The van der Waals surface area contributed by atoms with E-state index in [-0.39, 0.29) is 0 Å². The molecule has 0 fully saturated rings. The summed E-state index contributed by atoms with van der Waals surface area (Å²) in [6, 6.07) is 2.05. The van der Waals surface area contributed by atoms with Crippen LogP contribution in [0.15, 0.2) is 17.3 Å². The molecule has 0 unspecified atom stereocenters. The first-order valence-electron chi connectivity index (χ1n) is 4.54. The number of pyridine rings is 1. The summed E-state index contributed by atoms with van der Waals surface area (Å²) in [5.41, 5.74) is 2.39. The lowest BCUT2D eigenvalue weighted by atomic mass is 10.0. The van der Waals surface area contributed by atoms with E-state index < -0.39 is 0 Å². The van der Waals surface area contributed by atoms with Gasteiger partial charge in [-0.3, -0.25) is 0 Å². The molecule has 1 aliphatic heterocycles. The summed E-state index contributed by atoms with van der Waals surface area (Å²) >= 11 is 0. The quantitative estimate of drug-likeness (QED) is 0.711. The van der Waals surface area contributed by atoms with Crippen molar-refractivity contribution in [3.63, 3.8) is 0 Å². The fraction of sp³-hybridized carbons (Fsp3) is 0.400. The minimum absolute atomic E-state index is 0.512. The van der Waals surface area contributed by atoms with E-state index in [4.69, 9.17) is 0 Å². The molecule has 68 valence electrons. The molecule has 0 aliphatic carbocycles. The molecular weight excluding hydrogens is 162 g/mol. The van der Waals surface area contributed by atoms with Crippen LogP contribution >= 0.6 is 0 Å². The first kappa shape index (κ1) is 8.23.